The predicted molar refractivity (Wildman–Crippen MR) is 385 cm³/mol. The Bertz CT molecular complexity index is 4530. The van der Waals surface area contributed by atoms with Crippen LogP contribution in [-0.2, 0) is 6.42 Å². The maximum absolute atomic E-state index is 13.0. The minimum atomic E-state index is -0.211. The van der Waals surface area contributed by atoms with Crippen molar-refractivity contribution in [2.24, 2.45) is 0 Å². The second-order valence-electron chi connectivity index (χ2n) is 23.6. The average molecular weight is 1280 g/mol. The van der Waals surface area contributed by atoms with E-state index >= 15 is 0 Å². The Morgan fingerprint density at radius 2 is 0.935 bits per heavy atom. The number of halogens is 3. The molecule has 0 fully saturated rings. The SMILES string of the molecule is Cc1cc2cc(C)c(F)cc2o1.Cc1ccc2c(c1)CC(C)O2.Cc1ccc2cc(C)ccc2c1.Cc1ccc2nc(C)ccc2c1.Cc1ccc2oc(C)cc2c1.Cc1ccc2sc(C)nc2c1.Cc1nc2cc(C)c(F)cc2s1.Cc1nc2ccc(Cl)cc2[nH]1. The number of aryl methyl sites for hydroxylation is 14. The molecule has 0 saturated heterocycles. The van der Waals surface area contributed by atoms with Gasteiger partial charge in [-0.15, -0.1) is 22.7 Å². The smallest absolute Gasteiger partial charge is 0.137 e. The highest BCUT2D eigenvalue weighted by Crippen LogP contribution is 2.30. The van der Waals surface area contributed by atoms with Gasteiger partial charge in [0.15, 0.2) is 0 Å². The number of aromatic nitrogens is 5. The Labute approximate surface area is 551 Å². The number of hydrogen-bond acceptors (Lipinski definition) is 9. The summed E-state index contributed by atoms with van der Waals surface area (Å²) in [5.41, 5.74) is 18.2. The summed E-state index contributed by atoms with van der Waals surface area (Å²) >= 11 is 9.05. The lowest BCUT2D eigenvalue weighted by Crippen LogP contribution is -2.05. The third kappa shape index (κ3) is 18.6. The highest BCUT2D eigenvalue weighted by atomic mass is 35.5. The Balaban J connectivity index is 0.000000124. The Kier molecular flexibility index (Phi) is 22.2. The molecule has 1 aliphatic rings. The second-order valence-corrected chi connectivity index (χ2v) is 26.5. The van der Waals surface area contributed by atoms with Gasteiger partial charge in [-0.2, -0.15) is 0 Å². The van der Waals surface area contributed by atoms with Crippen LogP contribution >= 0.6 is 34.3 Å². The first-order valence-electron chi connectivity index (χ1n) is 30.6. The first kappa shape index (κ1) is 67.3. The first-order chi connectivity index (χ1) is 43.9. The maximum Gasteiger partial charge on any atom is 0.137 e. The number of rotatable bonds is 0. The molecule has 7 heterocycles. The molecule has 0 bridgehead atoms. The van der Waals surface area contributed by atoms with Gasteiger partial charge in [0.25, 0.3) is 0 Å². The zero-order valence-corrected chi connectivity index (χ0v) is 57.4. The van der Waals surface area contributed by atoms with Crippen molar-refractivity contribution in [3.8, 4) is 5.75 Å². The predicted octanol–water partition coefficient (Wildman–Crippen LogP) is 23.4. The summed E-state index contributed by atoms with van der Waals surface area (Å²) in [6.07, 6.45) is 1.43. The van der Waals surface area contributed by atoms with E-state index in [0.717, 1.165) is 93.5 Å². The second kappa shape index (κ2) is 30.4. The summed E-state index contributed by atoms with van der Waals surface area (Å²) in [5, 5.41) is 8.91. The van der Waals surface area contributed by atoms with Crippen molar-refractivity contribution in [1.29, 1.82) is 0 Å². The van der Waals surface area contributed by atoms with E-state index in [0.29, 0.717) is 22.8 Å². The van der Waals surface area contributed by atoms with Crippen molar-refractivity contribution in [3.05, 3.63) is 276 Å². The zero-order valence-electron chi connectivity index (χ0n) is 55.0. The fourth-order valence-corrected chi connectivity index (χ4v) is 12.2. The molecule has 0 aliphatic carbocycles. The number of fused-ring (bicyclic) bond motifs is 8. The van der Waals surface area contributed by atoms with Crippen molar-refractivity contribution in [2.75, 3.05) is 0 Å². The van der Waals surface area contributed by atoms with E-state index in [1.54, 1.807) is 43.4 Å². The standard InChI is InChI=1S/C12H12.C11H11N.C10H9FO.C10H12O.C10H10O.C9H8FNS.C9H9NS.C8H7ClN2/c1-9-3-5-12-8-10(2)4-6-11(12)7-9;1-8-3-6-11-10(7-8)5-4-9(2)12-11;1-6-3-8-4-7(2)12-10(8)5-9(6)11;2*1-7-3-4-10-9(5-7)6-8(2)11-10;1-5-3-8-9(4-7(5)10)12-6(2)11-8;1-6-3-4-9-8(5-6)10-7(2)11-9;1-5-10-7-3-2-6(9)4-8(7)11-5/h3-8H,1-2H3;3-7H,1-2H3;3-5H,1-2H3;3-5,8H,6H2,1-2H3;3-6H,1-2H3;3-4H,1-2H3;3-5H,1-2H3;2-4H,1H3,(H,10,11). The van der Waals surface area contributed by atoms with Gasteiger partial charge in [0, 0.05) is 39.4 Å². The van der Waals surface area contributed by atoms with E-state index in [-0.39, 0.29) is 11.6 Å². The molecule has 8 nitrogen and oxygen atoms in total. The molecule has 92 heavy (non-hydrogen) atoms. The van der Waals surface area contributed by atoms with Crippen LogP contribution in [0.15, 0.2) is 185 Å². The molecule has 1 unspecified atom stereocenters. The zero-order chi connectivity index (χ0) is 65.9. The van der Waals surface area contributed by atoms with E-state index in [4.69, 9.17) is 25.2 Å². The lowest BCUT2D eigenvalue weighted by molar-refractivity contribution is 0.254. The minimum absolute atomic E-state index is 0.147. The number of nitrogens with zero attached hydrogens (tertiary/aromatic N) is 4. The van der Waals surface area contributed by atoms with Gasteiger partial charge < -0.3 is 18.6 Å². The minimum Gasteiger partial charge on any atom is -0.490 e. The number of benzene rings is 9. The van der Waals surface area contributed by atoms with Gasteiger partial charge >= 0.3 is 0 Å². The lowest BCUT2D eigenvalue weighted by atomic mass is 10.1. The third-order valence-corrected chi connectivity index (χ3v) is 17.0. The number of thiazole rings is 2. The van der Waals surface area contributed by atoms with Gasteiger partial charge in [-0.1, -0.05) is 112 Å². The summed E-state index contributed by atoms with van der Waals surface area (Å²) in [5.74, 6) is 3.42. The average Bonchev–Trinajstić information content (AvgIpc) is 2.20. The van der Waals surface area contributed by atoms with Gasteiger partial charge in [0.05, 0.1) is 47.0 Å². The van der Waals surface area contributed by atoms with Crippen LogP contribution in [0.25, 0.3) is 75.1 Å². The van der Waals surface area contributed by atoms with Crippen molar-refractivity contribution in [3.63, 3.8) is 0 Å². The van der Waals surface area contributed by atoms with Crippen LogP contribution in [0.1, 0.15) is 90.0 Å². The molecule has 16 rings (SSSR count). The van der Waals surface area contributed by atoms with Crippen LogP contribution in [0.5, 0.6) is 5.75 Å². The molecule has 6 aromatic heterocycles. The molecular formula is C79H78ClF2N5O3S2. The van der Waals surface area contributed by atoms with Crippen LogP contribution in [-0.4, -0.2) is 31.0 Å². The molecule has 0 spiro atoms. The van der Waals surface area contributed by atoms with Gasteiger partial charge in [-0.05, 0) is 234 Å². The normalized spacial score (nSPS) is 12.0. The van der Waals surface area contributed by atoms with Crippen molar-refractivity contribution in [1.82, 2.24) is 24.9 Å². The molecule has 9 aromatic carbocycles. The highest BCUT2D eigenvalue weighted by Gasteiger charge is 2.18. The molecule has 1 N–H and O–H groups in total. The van der Waals surface area contributed by atoms with Gasteiger partial charge in [-0.25, -0.2) is 23.7 Å². The molecule has 15 aromatic rings. The number of ether oxygens (including phenoxy) is 1. The van der Waals surface area contributed by atoms with Crippen LogP contribution in [0, 0.1) is 109 Å². The van der Waals surface area contributed by atoms with Crippen molar-refractivity contribution in [2.45, 2.75) is 116 Å². The summed E-state index contributed by atoms with van der Waals surface area (Å²) < 4.78 is 44.5. The van der Waals surface area contributed by atoms with E-state index in [1.807, 2.05) is 77.9 Å². The van der Waals surface area contributed by atoms with E-state index in [1.165, 1.54) is 82.6 Å². The van der Waals surface area contributed by atoms with Crippen LogP contribution in [0.2, 0.25) is 5.02 Å². The quantitative estimate of drug-likeness (QED) is 0.161. The Morgan fingerprint density at radius 3 is 1.62 bits per heavy atom. The van der Waals surface area contributed by atoms with Crippen LogP contribution < -0.4 is 4.74 Å². The number of H-pyrrole nitrogens is 1. The van der Waals surface area contributed by atoms with Crippen molar-refractivity contribution >= 4 is 109 Å². The van der Waals surface area contributed by atoms with Gasteiger partial charge in [0.1, 0.15) is 52.0 Å². The van der Waals surface area contributed by atoms with Crippen LogP contribution in [0.3, 0.4) is 0 Å². The third-order valence-electron chi connectivity index (χ3n) is 14.9. The molecule has 13 heteroatoms. The number of nitrogens with one attached hydrogen (secondary N) is 1. The van der Waals surface area contributed by atoms with E-state index in [2.05, 4.69) is 189 Å². The van der Waals surface area contributed by atoms with E-state index < -0.39 is 0 Å². The fourth-order valence-electron chi connectivity index (χ4n) is 10.4. The molecule has 0 radical (unpaired) electrons. The molecule has 0 saturated carbocycles. The topological polar surface area (TPSA) is 103 Å². The van der Waals surface area contributed by atoms with Crippen LogP contribution in [0.4, 0.5) is 8.78 Å². The number of furan rings is 2. The fraction of sp³-hybridized carbons (Fsp3) is 0.215. The summed E-state index contributed by atoms with van der Waals surface area (Å²) in [6, 6.07) is 58.7. The summed E-state index contributed by atoms with van der Waals surface area (Å²) in [6.45, 7) is 30.0. The van der Waals surface area contributed by atoms with Gasteiger partial charge in [-0.3, -0.25) is 4.98 Å². The Hall–Kier alpha value is -9.07. The monoisotopic (exact) mass is 1280 g/mol. The largest absolute Gasteiger partial charge is 0.490 e. The molecule has 1 aliphatic heterocycles. The molecule has 1 atom stereocenters. The summed E-state index contributed by atoms with van der Waals surface area (Å²) in [4.78, 5) is 20.4. The van der Waals surface area contributed by atoms with Crippen molar-refractivity contribution < 1.29 is 22.4 Å². The van der Waals surface area contributed by atoms with E-state index in [9.17, 15) is 8.78 Å². The molecule has 470 valence electrons. The Morgan fingerprint density at radius 1 is 0.424 bits per heavy atom. The van der Waals surface area contributed by atoms with Gasteiger partial charge in [0.2, 0.25) is 0 Å². The number of imidazole rings is 1. The lowest BCUT2D eigenvalue weighted by Gasteiger charge is -2.01. The molecular weight excluding hydrogens is 1200 g/mol. The maximum atomic E-state index is 13.0. The summed E-state index contributed by atoms with van der Waals surface area (Å²) in [7, 11) is 0. The number of hydrogen-bond donors (Lipinski definition) is 1. The highest BCUT2D eigenvalue weighted by molar-refractivity contribution is 7.18. The number of pyridine rings is 1. The molecule has 0 amide bonds. The first-order valence-corrected chi connectivity index (χ1v) is 32.6. The number of aromatic amines is 1.